The first-order valence-corrected chi connectivity index (χ1v) is 10.3. The molecule has 0 aliphatic heterocycles. The molecular weight excluding hydrogens is 404 g/mol. The lowest BCUT2D eigenvalue weighted by atomic mass is 10.0. The van der Waals surface area contributed by atoms with Gasteiger partial charge in [0.2, 0.25) is 10.0 Å². The quantitative estimate of drug-likeness (QED) is 0.665. The number of hydrogen-bond acceptors (Lipinski definition) is 5. The van der Waals surface area contributed by atoms with Gasteiger partial charge in [0, 0.05) is 0 Å². The van der Waals surface area contributed by atoms with Gasteiger partial charge in [-0.2, -0.15) is 0 Å². The average molecular weight is 425 g/mol. The molecule has 1 atom stereocenters. The van der Waals surface area contributed by atoms with E-state index in [1.807, 2.05) is 38.1 Å². The summed E-state index contributed by atoms with van der Waals surface area (Å²) >= 11 is 5.88. The third-order valence-corrected chi connectivity index (χ3v) is 5.99. The highest BCUT2D eigenvalue weighted by Crippen LogP contribution is 2.23. The predicted octanol–water partition coefficient (Wildman–Crippen LogP) is 2.59. The van der Waals surface area contributed by atoms with Crippen LogP contribution in [-0.2, 0) is 19.6 Å². The molecule has 0 radical (unpaired) electrons. The van der Waals surface area contributed by atoms with Gasteiger partial charge in [-0.1, -0.05) is 35.9 Å². The summed E-state index contributed by atoms with van der Waals surface area (Å²) in [7, 11) is -2.60. The largest absolute Gasteiger partial charge is 0.452 e. The molecule has 2 aromatic rings. The van der Waals surface area contributed by atoms with E-state index in [4.69, 9.17) is 16.3 Å². The molecule has 0 aliphatic rings. The maximum Gasteiger partial charge on any atom is 0.338 e. The van der Waals surface area contributed by atoms with E-state index in [0.29, 0.717) is 0 Å². The van der Waals surface area contributed by atoms with E-state index in [2.05, 4.69) is 10.0 Å². The summed E-state index contributed by atoms with van der Waals surface area (Å²) < 4.78 is 31.0. The number of benzene rings is 2. The summed E-state index contributed by atoms with van der Waals surface area (Å²) in [5, 5.41) is 2.72. The molecule has 0 saturated heterocycles. The molecular formula is C19H21ClN2O5S. The molecule has 0 spiro atoms. The number of esters is 1. The number of rotatable bonds is 7. The molecule has 0 heterocycles. The highest BCUT2D eigenvalue weighted by molar-refractivity contribution is 7.89. The number of ether oxygens (including phenoxy) is 1. The number of halogens is 1. The molecule has 0 aliphatic carbocycles. The zero-order valence-electron chi connectivity index (χ0n) is 15.7. The van der Waals surface area contributed by atoms with Gasteiger partial charge in [-0.25, -0.2) is 17.9 Å². The van der Waals surface area contributed by atoms with Crippen molar-refractivity contribution in [3.8, 4) is 0 Å². The summed E-state index contributed by atoms with van der Waals surface area (Å²) in [6.45, 7) is 3.28. The van der Waals surface area contributed by atoms with Gasteiger partial charge < -0.3 is 10.1 Å². The molecule has 1 unspecified atom stereocenters. The topological polar surface area (TPSA) is 102 Å². The molecule has 1 amide bonds. The number of carbonyl (C=O) groups excluding carboxylic acids is 2. The smallest absolute Gasteiger partial charge is 0.338 e. The minimum absolute atomic E-state index is 0.0297. The first kappa shape index (κ1) is 21.9. The molecule has 150 valence electrons. The van der Waals surface area contributed by atoms with Crippen LogP contribution in [0, 0.1) is 6.92 Å². The van der Waals surface area contributed by atoms with Crippen LogP contribution in [0.5, 0.6) is 0 Å². The Morgan fingerprint density at radius 3 is 2.50 bits per heavy atom. The number of aryl methyl sites for hydroxylation is 1. The van der Waals surface area contributed by atoms with Crippen molar-refractivity contribution in [2.75, 3.05) is 13.7 Å². The number of sulfonamides is 1. The first-order chi connectivity index (χ1) is 13.2. The summed E-state index contributed by atoms with van der Waals surface area (Å²) in [4.78, 5) is 24.0. The van der Waals surface area contributed by atoms with Crippen molar-refractivity contribution in [1.82, 2.24) is 10.0 Å². The van der Waals surface area contributed by atoms with Gasteiger partial charge in [-0.15, -0.1) is 0 Å². The van der Waals surface area contributed by atoms with Gasteiger partial charge in [0.05, 0.1) is 16.6 Å². The Kier molecular flexibility index (Phi) is 7.17. The number of carbonyl (C=O) groups is 2. The second kappa shape index (κ2) is 9.18. The second-order valence-corrected chi connectivity index (χ2v) is 8.34. The molecule has 0 saturated carbocycles. The Hall–Kier alpha value is -2.42. The fraction of sp³-hybridized carbons (Fsp3) is 0.263. The van der Waals surface area contributed by atoms with Crippen LogP contribution in [0.2, 0.25) is 5.02 Å². The van der Waals surface area contributed by atoms with Gasteiger partial charge >= 0.3 is 5.97 Å². The number of hydrogen-bond donors (Lipinski definition) is 2. The van der Waals surface area contributed by atoms with Crippen molar-refractivity contribution < 1.29 is 22.7 Å². The van der Waals surface area contributed by atoms with Crippen molar-refractivity contribution >= 4 is 33.5 Å². The van der Waals surface area contributed by atoms with E-state index in [-0.39, 0.29) is 21.5 Å². The summed E-state index contributed by atoms with van der Waals surface area (Å²) in [6.07, 6.45) is 0. The molecule has 2 rings (SSSR count). The third-order valence-electron chi connectivity index (χ3n) is 4.09. The number of nitrogens with one attached hydrogen (secondary N) is 2. The standard InChI is InChI=1S/C19H21ClN2O5S/c1-12-6-4-5-7-15(12)13(2)22-18(23)11-27-19(24)14-8-9-16(20)17(10-14)28(25,26)21-3/h4-10,13,21H,11H2,1-3H3,(H,22,23). The van der Waals surface area contributed by atoms with Crippen molar-refractivity contribution in [1.29, 1.82) is 0 Å². The normalized spacial score (nSPS) is 12.3. The van der Waals surface area contributed by atoms with Crippen LogP contribution in [0.1, 0.15) is 34.5 Å². The van der Waals surface area contributed by atoms with Crippen LogP contribution in [-0.4, -0.2) is 33.9 Å². The zero-order valence-corrected chi connectivity index (χ0v) is 17.2. The maximum atomic E-state index is 12.2. The molecule has 28 heavy (non-hydrogen) atoms. The van der Waals surface area contributed by atoms with Crippen molar-refractivity contribution in [3.63, 3.8) is 0 Å². The van der Waals surface area contributed by atoms with Gasteiger partial charge in [0.15, 0.2) is 6.61 Å². The molecule has 0 bridgehead atoms. The summed E-state index contributed by atoms with van der Waals surface area (Å²) in [5.74, 6) is -1.30. The van der Waals surface area contributed by atoms with E-state index in [1.165, 1.54) is 19.2 Å². The van der Waals surface area contributed by atoms with E-state index in [1.54, 1.807) is 0 Å². The molecule has 2 N–H and O–H groups in total. The molecule has 7 nitrogen and oxygen atoms in total. The SMILES string of the molecule is CNS(=O)(=O)c1cc(C(=O)OCC(=O)NC(C)c2ccccc2C)ccc1Cl. The van der Waals surface area contributed by atoms with Crippen LogP contribution in [0.25, 0.3) is 0 Å². The Labute approximate surface area is 169 Å². The fourth-order valence-corrected chi connectivity index (χ4v) is 3.84. The van der Waals surface area contributed by atoms with Crippen molar-refractivity contribution in [3.05, 3.63) is 64.2 Å². The van der Waals surface area contributed by atoms with Crippen LogP contribution >= 0.6 is 11.6 Å². The monoisotopic (exact) mass is 424 g/mol. The minimum Gasteiger partial charge on any atom is -0.452 e. The van der Waals surface area contributed by atoms with E-state index in [9.17, 15) is 18.0 Å². The van der Waals surface area contributed by atoms with Crippen LogP contribution in [0.3, 0.4) is 0 Å². The predicted molar refractivity (Wildman–Crippen MR) is 106 cm³/mol. The lowest BCUT2D eigenvalue weighted by molar-refractivity contribution is -0.124. The average Bonchev–Trinajstić information content (AvgIpc) is 2.66. The molecule has 2 aromatic carbocycles. The maximum absolute atomic E-state index is 12.2. The Balaban J connectivity index is 2.01. The van der Waals surface area contributed by atoms with Crippen LogP contribution < -0.4 is 10.0 Å². The van der Waals surface area contributed by atoms with E-state index in [0.717, 1.165) is 17.2 Å². The minimum atomic E-state index is -3.84. The van der Waals surface area contributed by atoms with Crippen LogP contribution in [0.15, 0.2) is 47.4 Å². The van der Waals surface area contributed by atoms with Crippen molar-refractivity contribution in [2.45, 2.75) is 24.8 Å². The van der Waals surface area contributed by atoms with Gasteiger partial charge in [-0.05, 0) is 50.2 Å². The lowest BCUT2D eigenvalue weighted by Gasteiger charge is -2.16. The lowest BCUT2D eigenvalue weighted by Crippen LogP contribution is -2.31. The van der Waals surface area contributed by atoms with Crippen LogP contribution in [0.4, 0.5) is 0 Å². The second-order valence-electron chi connectivity index (χ2n) is 6.07. The van der Waals surface area contributed by atoms with Gasteiger partial charge in [0.25, 0.3) is 5.91 Å². The summed E-state index contributed by atoms with van der Waals surface area (Å²) in [6, 6.07) is 11.1. The Bertz CT molecular complexity index is 992. The first-order valence-electron chi connectivity index (χ1n) is 8.41. The summed E-state index contributed by atoms with van der Waals surface area (Å²) in [5.41, 5.74) is 1.96. The van der Waals surface area contributed by atoms with Crippen molar-refractivity contribution in [2.24, 2.45) is 0 Å². The highest BCUT2D eigenvalue weighted by Gasteiger charge is 2.20. The number of amides is 1. The third kappa shape index (κ3) is 5.31. The molecule has 9 heteroatoms. The Morgan fingerprint density at radius 2 is 1.86 bits per heavy atom. The highest BCUT2D eigenvalue weighted by atomic mass is 35.5. The van der Waals surface area contributed by atoms with E-state index >= 15 is 0 Å². The zero-order chi connectivity index (χ0) is 20.9. The Morgan fingerprint density at radius 1 is 1.18 bits per heavy atom. The van der Waals surface area contributed by atoms with E-state index < -0.39 is 28.5 Å². The van der Waals surface area contributed by atoms with Gasteiger partial charge in [0.1, 0.15) is 4.90 Å². The fourth-order valence-electron chi connectivity index (χ4n) is 2.59. The molecule has 0 fully saturated rings. The molecule has 0 aromatic heterocycles. The van der Waals surface area contributed by atoms with Gasteiger partial charge in [-0.3, -0.25) is 4.79 Å².